The molecule has 0 aliphatic heterocycles. The normalized spacial score (nSPS) is 13.4. The van der Waals surface area contributed by atoms with Crippen molar-refractivity contribution in [2.45, 2.75) is 25.8 Å². The Bertz CT molecular complexity index is 567. The molecule has 0 saturated heterocycles. The van der Waals surface area contributed by atoms with Gasteiger partial charge in [0.05, 0.1) is 12.0 Å². The van der Waals surface area contributed by atoms with Gasteiger partial charge in [0.1, 0.15) is 0 Å². The van der Waals surface area contributed by atoms with Crippen LogP contribution < -0.4 is 5.32 Å². The van der Waals surface area contributed by atoms with Crippen molar-refractivity contribution < 1.29 is 0 Å². The molecule has 2 aromatic rings. The predicted octanol–water partition coefficient (Wildman–Crippen LogP) is 3.95. The predicted molar refractivity (Wildman–Crippen MR) is 82.4 cm³/mol. The second-order valence-electron chi connectivity index (χ2n) is 5.13. The van der Waals surface area contributed by atoms with Crippen molar-refractivity contribution in [3.05, 3.63) is 71.3 Å². The van der Waals surface area contributed by atoms with E-state index >= 15 is 0 Å². The molecule has 0 fully saturated rings. The molecule has 2 heteroatoms. The van der Waals surface area contributed by atoms with E-state index < -0.39 is 0 Å². The molecule has 0 bridgehead atoms. The van der Waals surface area contributed by atoms with E-state index in [0.29, 0.717) is 6.54 Å². The molecule has 2 nitrogen and oxygen atoms in total. The Kier molecular flexibility index (Phi) is 4.92. The van der Waals surface area contributed by atoms with Gasteiger partial charge in [-0.05, 0) is 25.0 Å². The number of rotatable bonds is 5. The molecule has 20 heavy (non-hydrogen) atoms. The van der Waals surface area contributed by atoms with Crippen LogP contribution in [0.5, 0.6) is 0 Å². The highest BCUT2D eigenvalue weighted by Crippen LogP contribution is 2.17. The summed E-state index contributed by atoms with van der Waals surface area (Å²) in [6.45, 7) is 4.88. The lowest BCUT2D eigenvalue weighted by Gasteiger charge is -2.17. The molecular formula is C18H20N2. The average Bonchev–Trinajstić information content (AvgIpc) is 2.49. The van der Waals surface area contributed by atoms with Crippen molar-refractivity contribution in [3.8, 4) is 6.07 Å². The third-order valence-corrected chi connectivity index (χ3v) is 3.56. The van der Waals surface area contributed by atoms with Crippen molar-refractivity contribution in [2.24, 2.45) is 0 Å². The van der Waals surface area contributed by atoms with Gasteiger partial charge >= 0.3 is 0 Å². The first-order valence-electron chi connectivity index (χ1n) is 6.95. The second kappa shape index (κ2) is 6.88. The maximum Gasteiger partial charge on any atom is 0.0837 e. The lowest BCUT2D eigenvalue weighted by molar-refractivity contribution is 0.558. The van der Waals surface area contributed by atoms with Crippen molar-refractivity contribution in [1.82, 2.24) is 5.32 Å². The zero-order valence-corrected chi connectivity index (χ0v) is 12.0. The molecule has 0 saturated carbocycles. The Morgan fingerprint density at radius 3 is 2.25 bits per heavy atom. The smallest absolute Gasteiger partial charge is 0.0837 e. The van der Waals surface area contributed by atoms with Crippen LogP contribution in [0, 0.1) is 18.3 Å². The van der Waals surface area contributed by atoms with Gasteiger partial charge in [-0.2, -0.15) is 5.26 Å². The van der Waals surface area contributed by atoms with Crippen molar-refractivity contribution in [3.63, 3.8) is 0 Å². The van der Waals surface area contributed by atoms with Gasteiger partial charge in [0, 0.05) is 12.6 Å². The summed E-state index contributed by atoms with van der Waals surface area (Å²) in [5, 5.41) is 12.8. The Morgan fingerprint density at radius 2 is 1.65 bits per heavy atom. The van der Waals surface area contributed by atoms with Crippen molar-refractivity contribution >= 4 is 0 Å². The van der Waals surface area contributed by atoms with Gasteiger partial charge in [0.15, 0.2) is 0 Å². The van der Waals surface area contributed by atoms with E-state index in [1.54, 1.807) is 0 Å². The van der Waals surface area contributed by atoms with E-state index in [0.717, 1.165) is 5.56 Å². The van der Waals surface area contributed by atoms with Gasteiger partial charge in [-0.25, -0.2) is 0 Å². The fraction of sp³-hybridized carbons (Fsp3) is 0.278. The summed E-state index contributed by atoms with van der Waals surface area (Å²) >= 11 is 0. The van der Waals surface area contributed by atoms with Gasteiger partial charge in [0.2, 0.25) is 0 Å². The summed E-state index contributed by atoms with van der Waals surface area (Å²) in [7, 11) is 0. The fourth-order valence-corrected chi connectivity index (χ4v) is 2.19. The van der Waals surface area contributed by atoms with E-state index in [9.17, 15) is 5.26 Å². The van der Waals surface area contributed by atoms with Gasteiger partial charge in [0.25, 0.3) is 0 Å². The third kappa shape index (κ3) is 3.69. The SMILES string of the molecule is Cc1ccc([C@H](C)NCC(C#N)c2ccccc2)cc1. The van der Waals surface area contributed by atoms with E-state index in [-0.39, 0.29) is 12.0 Å². The molecule has 0 aliphatic rings. The number of benzene rings is 2. The first-order chi connectivity index (χ1) is 9.70. The summed E-state index contributed by atoms with van der Waals surface area (Å²) in [6.07, 6.45) is 0. The zero-order valence-electron chi connectivity index (χ0n) is 12.0. The Balaban J connectivity index is 1.97. The summed E-state index contributed by atoms with van der Waals surface area (Å²) in [5.41, 5.74) is 3.58. The molecule has 2 rings (SSSR count). The first kappa shape index (κ1) is 14.3. The number of hydrogen-bond donors (Lipinski definition) is 1. The van der Waals surface area contributed by atoms with Crippen LogP contribution in [0.4, 0.5) is 0 Å². The minimum atomic E-state index is -0.107. The number of hydrogen-bond acceptors (Lipinski definition) is 2. The number of nitriles is 1. The molecule has 0 aromatic heterocycles. The molecule has 2 aromatic carbocycles. The van der Waals surface area contributed by atoms with Gasteiger partial charge in [-0.15, -0.1) is 0 Å². The summed E-state index contributed by atoms with van der Waals surface area (Å²) in [4.78, 5) is 0. The molecule has 0 aliphatic carbocycles. The van der Waals surface area contributed by atoms with Crippen LogP contribution in [0.25, 0.3) is 0 Å². The molecule has 102 valence electrons. The summed E-state index contributed by atoms with van der Waals surface area (Å²) in [6, 6.07) is 21.1. The largest absolute Gasteiger partial charge is 0.309 e. The van der Waals surface area contributed by atoms with Gasteiger partial charge in [-0.1, -0.05) is 60.2 Å². The number of nitrogens with zero attached hydrogens (tertiary/aromatic N) is 1. The van der Waals surface area contributed by atoms with Gasteiger partial charge in [-0.3, -0.25) is 0 Å². The van der Waals surface area contributed by atoms with Crippen molar-refractivity contribution in [2.75, 3.05) is 6.54 Å². The highest BCUT2D eigenvalue weighted by molar-refractivity contribution is 5.26. The van der Waals surface area contributed by atoms with E-state index in [1.165, 1.54) is 11.1 Å². The molecule has 0 amide bonds. The Hall–Kier alpha value is -2.11. The highest BCUT2D eigenvalue weighted by atomic mass is 14.9. The first-order valence-corrected chi connectivity index (χ1v) is 6.95. The molecule has 1 N–H and O–H groups in total. The van der Waals surface area contributed by atoms with Crippen LogP contribution >= 0.6 is 0 Å². The summed E-state index contributed by atoms with van der Waals surface area (Å²) in [5.74, 6) is -0.107. The monoisotopic (exact) mass is 264 g/mol. The Morgan fingerprint density at radius 1 is 1.00 bits per heavy atom. The minimum Gasteiger partial charge on any atom is -0.309 e. The molecule has 0 spiro atoms. The van der Waals surface area contributed by atoms with Crippen LogP contribution in [-0.4, -0.2) is 6.54 Å². The molecule has 0 radical (unpaired) electrons. The minimum absolute atomic E-state index is 0.107. The maximum atomic E-state index is 9.31. The standard InChI is InChI=1S/C18H20N2/c1-14-8-10-16(11-9-14)15(2)20-13-18(12-19)17-6-4-3-5-7-17/h3-11,15,18,20H,13H2,1-2H3/t15-,18?/m0/s1. The van der Waals surface area contributed by atoms with E-state index in [4.69, 9.17) is 0 Å². The average molecular weight is 264 g/mol. The van der Waals surface area contributed by atoms with Gasteiger partial charge < -0.3 is 5.32 Å². The van der Waals surface area contributed by atoms with E-state index in [1.807, 2.05) is 30.3 Å². The summed E-state index contributed by atoms with van der Waals surface area (Å²) < 4.78 is 0. The molecular weight excluding hydrogens is 244 g/mol. The lowest BCUT2D eigenvalue weighted by atomic mass is 9.99. The number of nitrogens with one attached hydrogen (secondary N) is 1. The molecule has 2 atom stereocenters. The topological polar surface area (TPSA) is 35.8 Å². The van der Waals surface area contributed by atoms with Crippen molar-refractivity contribution in [1.29, 1.82) is 5.26 Å². The Labute approximate surface area is 121 Å². The second-order valence-corrected chi connectivity index (χ2v) is 5.13. The van der Waals surface area contributed by atoms with Crippen LogP contribution in [0.15, 0.2) is 54.6 Å². The quantitative estimate of drug-likeness (QED) is 0.887. The van der Waals surface area contributed by atoms with E-state index in [2.05, 4.69) is 49.5 Å². The molecule has 0 heterocycles. The highest BCUT2D eigenvalue weighted by Gasteiger charge is 2.12. The van der Waals surface area contributed by atoms with Crippen LogP contribution in [0.3, 0.4) is 0 Å². The maximum absolute atomic E-state index is 9.31. The zero-order chi connectivity index (χ0) is 14.4. The molecule has 1 unspecified atom stereocenters. The fourth-order valence-electron chi connectivity index (χ4n) is 2.19. The number of aryl methyl sites for hydroxylation is 1. The lowest BCUT2D eigenvalue weighted by Crippen LogP contribution is -2.24. The van der Waals surface area contributed by atoms with Crippen LogP contribution in [0.1, 0.15) is 35.6 Å². The van der Waals surface area contributed by atoms with Crippen LogP contribution in [-0.2, 0) is 0 Å². The third-order valence-electron chi connectivity index (χ3n) is 3.56. The van der Waals surface area contributed by atoms with Crippen LogP contribution in [0.2, 0.25) is 0 Å².